The van der Waals surface area contributed by atoms with Gasteiger partial charge in [0.25, 0.3) is 0 Å². The van der Waals surface area contributed by atoms with Crippen LogP contribution in [0.4, 0.5) is 0 Å². The largest absolute Gasteiger partial charge is 0.482 e. The predicted molar refractivity (Wildman–Crippen MR) is 49.0 cm³/mol. The third-order valence-corrected chi connectivity index (χ3v) is 0.730. The van der Waals surface area contributed by atoms with Gasteiger partial charge in [-0.15, -0.1) is 0 Å². The summed E-state index contributed by atoms with van der Waals surface area (Å²) in [6, 6.07) is 0. The van der Waals surface area contributed by atoms with Crippen molar-refractivity contribution in [3.8, 4) is 0 Å². The average Bonchev–Trinajstić information content (AvgIpc) is 2.00. The number of hydrogen-bond acceptors (Lipinski definition) is 2. The highest BCUT2D eigenvalue weighted by molar-refractivity contribution is 6.13. The summed E-state index contributed by atoms with van der Waals surface area (Å²) < 4.78 is 0. The van der Waals surface area contributed by atoms with Crippen molar-refractivity contribution < 1.29 is 10.0 Å². The van der Waals surface area contributed by atoms with Gasteiger partial charge in [-0.1, -0.05) is 43.9 Å². The lowest BCUT2D eigenvalue weighted by atomic mass is 10.4. The third-order valence-electron chi connectivity index (χ3n) is 0.730. The highest BCUT2D eigenvalue weighted by Crippen LogP contribution is 1.80. The lowest BCUT2D eigenvalue weighted by molar-refractivity contribution is 0.448. The molecule has 0 bridgehead atoms. The van der Waals surface area contributed by atoms with Gasteiger partial charge in [-0.3, -0.25) is 0 Å². The summed E-state index contributed by atoms with van der Waals surface area (Å²) in [6.45, 7) is 5.65. The number of allylic oxidation sites excluding steroid dienone is 5. The van der Waals surface area contributed by atoms with Gasteiger partial charge in [0.2, 0.25) is 0 Å². The van der Waals surface area contributed by atoms with Crippen LogP contribution in [0.5, 0.6) is 0 Å². The molecule has 0 rings (SSSR count). The van der Waals surface area contributed by atoms with Crippen LogP contribution < -0.4 is 0 Å². The first-order valence-electron chi connectivity index (χ1n) is 3.37. The van der Waals surface area contributed by atoms with Crippen LogP contribution in [0.2, 0.25) is 0 Å². The van der Waals surface area contributed by atoms with E-state index in [-0.39, 0.29) is 7.69 Å². The quantitative estimate of drug-likeness (QED) is 0.472. The Morgan fingerprint density at radius 3 is 2.18 bits per heavy atom. The molecule has 0 aliphatic heterocycles. The van der Waals surface area contributed by atoms with Crippen LogP contribution >= 0.6 is 0 Å². The molecule has 0 aromatic rings. The summed E-state index contributed by atoms with van der Waals surface area (Å²) in [4.78, 5) is 0. The Hall–Kier alpha value is -0.795. The molecule has 0 spiro atoms. The maximum Gasteiger partial charge on any atom is 0.482 e. The van der Waals surface area contributed by atoms with Crippen molar-refractivity contribution in [3.05, 3.63) is 37.0 Å². The van der Waals surface area contributed by atoms with Crippen molar-refractivity contribution in [1.29, 1.82) is 0 Å². The lowest BCUT2D eigenvalue weighted by Gasteiger charge is -1.71. The fourth-order valence-electron chi connectivity index (χ4n) is 0.357. The van der Waals surface area contributed by atoms with Crippen LogP contribution in [-0.2, 0) is 0 Å². The van der Waals surface area contributed by atoms with Crippen LogP contribution in [0.1, 0.15) is 13.3 Å². The van der Waals surface area contributed by atoms with Crippen LogP contribution in [0, 0.1) is 0 Å². The molecule has 0 heterocycles. The molecule has 0 aromatic heterocycles. The fraction of sp³-hybridized carbons (Fsp3) is 0.250. The van der Waals surface area contributed by atoms with Gasteiger partial charge in [0, 0.05) is 0 Å². The Labute approximate surface area is 68.9 Å². The van der Waals surface area contributed by atoms with Crippen molar-refractivity contribution >= 4 is 7.69 Å². The van der Waals surface area contributed by atoms with Gasteiger partial charge in [0.05, 0.1) is 0 Å². The standard InChI is InChI=1S/C8H12.BH2O2/c1-3-5-7-8-6-4-2;2-1-3/h3,5-8H,1,4H2,2H3;2-3H. The van der Waals surface area contributed by atoms with Crippen molar-refractivity contribution in [2.45, 2.75) is 13.3 Å². The first-order chi connectivity index (χ1) is 5.33. The average molecular weight is 153 g/mol. The van der Waals surface area contributed by atoms with Crippen molar-refractivity contribution in [2.75, 3.05) is 0 Å². The van der Waals surface area contributed by atoms with Gasteiger partial charge in [-0.25, -0.2) is 0 Å². The summed E-state index contributed by atoms with van der Waals surface area (Å²) in [6.07, 6.45) is 10.9. The summed E-state index contributed by atoms with van der Waals surface area (Å²) in [5, 5.41) is 14.0. The molecule has 0 aliphatic rings. The Morgan fingerprint density at radius 1 is 1.27 bits per heavy atom. The van der Waals surface area contributed by atoms with E-state index in [1.807, 2.05) is 18.2 Å². The fourth-order valence-corrected chi connectivity index (χ4v) is 0.357. The van der Waals surface area contributed by atoms with Gasteiger partial charge in [0.15, 0.2) is 0 Å². The summed E-state index contributed by atoms with van der Waals surface area (Å²) in [7, 11) is 0. The van der Waals surface area contributed by atoms with E-state index < -0.39 is 0 Å². The second-order valence-corrected chi connectivity index (χ2v) is 1.57. The van der Waals surface area contributed by atoms with E-state index in [9.17, 15) is 0 Å². The van der Waals surface area contributed by atoms with E-state index in [4.69, 9.17) is 10.0 Å². The molecule has 11 heavy (non-hydrogen) atoms. The molecule has 2 N–H and O–H groups in total. The molecule has 1 radical (unpaired) electrons. The second-order valence-electron chi connectivity index (χ2n) is 1.57. The monoisotopic (exact) mass is 153 g/mol. The summed E-state index contributed by atoms with van der Waals surface area (Å²) >= 11 is 0. The van der Waals surface area contributed by atoms with Crippen molar-refractivity contribution in [1.82, 2.24) is 0 Å². The molecule has 0 amide bonds. The highest BCUT2D eigenvalue weighted by atomic mass is 16.4. The van der Waals surface area contributed by atoms with Gasteiger partial charge in [0.1, 0.15) is 0 Å². The van der Waals surface area contributed by atoms with E-state index in [0.717, 1.165) is 6.42 Å². The molecule has 0 unspecified atom stereocenters. The molecule has 3 heteroatoms. The van der Waals surface area contributed by atoms with Crippen LogP contribution in [0.3, 0.4) is 0 Å². The molecule has 0 aromatic carbocycles. The Bertz CT molecular complexity index is 119. The smallest absolute Gasteiger partial charge is 0.429 e. The predicted octanol–water partition coefficient (Wildman–Crippen LogP) is 1.20. The Kier molecular flexibility index (Phi) is 18.8. The molecule has 0 aliphatic carbocycles. The van der Waals surface area contributed by atoms with E-state index in [1.54, 1.807) is 6.08 Å². The lowest BCUT2D eigenvalue weighted by Crippen LogP contribution is -1.75. The maximum atomic E-state index is 7.00. The van der Waals surface area contributed by atoms with Crippen LogP contribution in [0.25, 0.3) is 0 Å². The molecule has 0 saturated carbocycles. The molecule has 61 valence electrons. The van der Waals surface area contributed by atoms with E-state index in [2.05, 4.69) is 19.6 Å². The molecule has 0 atom stereocenters. The topological polar surface area (TPSA) is 40.5 Å². The normalized spacial score (nSPS) is 9.36. The van der Waals surface area contributed by atoms with Gasteiger partial charge >= 0.3 is 7.69 Å². The Morgan fingerprint density at radius 2 is 1.82 bits per heavy atom. The highest BCUT2D eigenvalue weighted by Gasteiger charge is 1.59. The zero-order chi connectivity index (χ0) is 8.95. The van der Waals surface area contributed by atoms with E-state index in [0.29, 0.717) is 0 Å². The van der Waals surface area contributed by atoms with E-state index in [1.165, 1.54) is 0 Å². The minimum Gasteiger partial charge on any atom is -0.429 e. The van der Waals surface area contributed by atoms with Crippen molar-refractivity contribution in [2.24, 2.45) is 0 Å². The molecular weight excluding hydrogens is 139 g/mol. The van der Waals surface area contributed by atoms with Crippen molar-refractivity contribution in [3.63, 3.8) is 0 Å². The minimum atomic E-state index is 0. The maximum absolute atomic E-state index is 7.00. The van der Waals surface area contributed by atoms with Crippen LogP contribution in [-0.4, -0.2) is 17.7 Å². The van der Waals surface area contributed by atoms with Crippen LogP contribution in [0.15, 0.2) is 37.0 Å². The van der Waals surface area contributed by atoms with Gasteiger partial charge in [-0.2, -0.15) is 0 Å². The third kappa shape index (κ3) is 27.0. The number of rotatable bonds is 3. The summed E-state index contributed by atoms with van der Waals surface area (Å²) in [5.41, 5.74) is 0. The summed E-state index contributed by atoms with van der Waals surface area (Å²) in [5.74, 6) is 0. The SMILES string of the molecule is C=CC=CC=CCC.O[B]O. The van der Waals surface area contributed by atoms with Gasteiger partial charge in [-0.05, 0) is 6.42 Å². The molecule has 0 fully saturated rings. The minimum absolute atomic E-state index is 0. The number of hydrogen-bond donors (Lipinski definition) is 2. The second kappa shape index (κ2) is 16.1. The molecule has 0 saturated heterocycles. The molecule has 2 nitrogen and oxygen atoms in total. The van der Waals surface area contributed by atoms with Gasteiger partial charge < -0.3 is 10.0 Å². The van der Waals surface area contributed by atoms with E-state index >= 15 is 0 Å². The zero-order valence-electron chi connectivity index (χ0n) is 6.77. The first kappa shape index (κ1) is 12.8. The first-order valence-corrected chi connectivity index (χ1v) is 3.37. The zero-order valence-corrected chi connectivity index (χ0v) is 6.77. The Balaban J connectivity index is 0. The molecular formula is C8H14BO2.